The Labute approximate surface area is 131 Å². The van der Waals surface area contributed by atoms with Crippen molar-refractivity contribution in [3.8, 4) is 0 Å². The first-order valence-corrected chi connectivity index (χ1v) is 8.93. The van der Waals surface area contributed by atoms with Crippen molar-refractivity contribution in [1.29, 1.82) is 0 Å². The van der Waals surface area contributed by atoms with Crippen molar-refractivity contribution < 1.29 is 13.2 Å². The van der Waals surface area contributed by atoms with Crippen molar-refractivity contribution in [2.75, 3.05) is 25.4 Å². The van der Waals surface area contributed by atoms with E-state index in [-0.39, 0.29) is 16.0 Å². The van der Waals surface area contributed by atoms with Crippen LogP contribution in [0.15, 0.2) is 23.1 Å². The average molecular weight is 333 g/mol. The van der Waals surface area contributed by atoms with Gasteiger partial charge in [0.05, 0.1) is 21.7 Å². The normalized spacial score (nSPS) is 20.6. The molecule has 118 valence electrons. The van der Waals surface area contributed by atoms with Gasteiger partial charge < -0.3 is 10.5 Å². The van der Waals surface area contributed by atoms with Gasteiger partial charge in [0.25, 0.3) is 0 Å². The van der Waals surface area contributed by atoms with Gasteiger partial charge >= 0.3 is 0 Å². The summed E-state index contributed by atoms with van der Waals surface area (Å²) in [7, 11) is -3.55. The summed E-state index contributed by atoms with van der Waals surface area (Å²) in [6.45, 7) is 3.60. The topological polar surface area (TPSA) is 72.6 Å². The Balaban J connectivity index is 2.16. The second-order valence-corrected chi connectivity index (χ2v) is 7.53. The van der Waals surface area contributed by atoms with Gasteiger partial charge in [-0.1, -0.05) is 18.5 Å². The summed E-state index contributed by atoms with van der Waals surface area (Å²) < 4.78 is 32.4. The molecule has 2 rings (SSSR count). The van der Waals surface area contributed by atoms with Crippen molar-refractivity contribution in [3.63, 3.8) is 0 Å². The van der Waals surface area contributed by atoms with Crippen LogP contribution in [-0.4, -0.2) is 38.5 Å². The second-order valence-electron chi connectivity index (χ2n) is 5.18. The van der Waals surface area contributed by atoms with Gasteiger partial charge in [-0.3, -0.25) is 0 Å². The molecule has 1 atom stereocenters. The zero-order chi connectivity index (χ0) is 15.5. The minimum absolute atomic E-state index is 0.0299. The summed E-state index contributed by atoms with van der Waals surface area (Å²) >= 11 is 5.92. The van der Waals surface area contributed by atoms with Gasteiger partial charge in [0, 0.05) is 19.7 Å². The highest BCUT2D eigenvalue weighted by atomic mass is 35.5. The van der Waals surface area contributed by atoms with Crippen LogP contribution in [0, 0.1) is 0 Å². The number of piperidine rings is 1. The van der Waals surface area contributed by atoms with Gasteiger partial charge in [0.15, 0.2) is 0 Å². The Morgan fingerprint density at radius 1 is 1.48 bits per heavy atom. The molecular weight excluding hydrogens is 312 g/mol. The molecule has 0 aliphatic carbocycles. The van der Waals surface area contributed by atoms with E-state index in [1.165, 1.54) is 22.5 Å². The predicted octanol–water partition coefficient (Wildman–Crippen LogP) is 2.50. The first-order chi connectivity index (χ1) is 9.95. The highest BCUT2D eigenvalue weighted by Crippen LogP contribution is 2.27. The summed E-state index contributed by atoms with van der Waals surface area (Å²) in [5.74, 6) is 0. The molecule has 1 saturated heterocycles. The quantitative estimate of drug-likeness (QED) is 0.841. The summed E-state index contributed by atoms with van der Waals surface area (Å²) in [4.78, 5) is 0.179. The highest BCUT2D eigenvalue weighted by molar-refractivity contribution is 7.89. The van der Waals surface area contributed by atoms with Crippen LogP contribution in [-0.2, 0) is 14.8 Å². The molecule has 0 saturated carbocycles. The molecule has 1 heterocycles. The summed E-state index contributed by atoms with van der Waals surface area (Å²) in [6, 6.07) is 4.42. The molecule has 0 spiro atoms. The Morgan fingerprint density at radius 2 is 2.24 bits per heavy atom. The first kappa shape index (κ1) is 16.5. The lowest BCUT2D eigenvalue weighted by atomic mass is 10.1. The molecule has 0 aromatic heterocycles. The molecule has 2 N–H and O–H groups in total. The SMILES string of the molecule is CCCOC1CCCN(S(=O)(=O)c2ccc(N)c(Cl)c2)C1. The van der Waals surface area contributed by atoms with Crippen molar-refractivity contribution in [3.05, 3.63) is 23.2 Å². The standard InChI is InChI=1S/C14H21ClN2O3S/c1-2-8-20-11-4-3-7-17(10-11)21(18,19)12-5-6-14(16)13(15)9-12/h5-6,9,11H,2-4,7-8,10,16H2,1H3. The molecule has 7 heteroatoms. The largest absolute Gasteiger partial charge is 0.398 e. The molecule has 1 aliphatic rings. The summed E-state index contributed by atoms with van der Waals surface area (Å²) in [5.41, 5.74) is 6.00. The molecule has 1 aromatic rings. The third-order valence-corrected chi connectivity index (χ3v) is 5.70. The van der Waals surface area contributed by atoms with Gasteiger partial charge in [-0.05, 0) is 37.5 Å². The Bertz CT molecular complexity index is 592. The van der Waals surface area contributed by atoms with Gasteiger partial charge in [-0.15, -0.1) is 0 Å². The zero-order valence-electron chi connectivity index (χ0n) is 12.1. The Morgan fingerprint density at radius 3 is 2.90 bits per heavy atom. The van der Waals surface area contributed by atoms with Crippen LogP contribution in [0.3, 0.4) is 0 Å². The molecule has 1 aromatic carbocycles. The van der Waals surface area contributed by atoms with Crippen molar-refractivity contribution in [2.45, 2.75) is 37.2 Å². The number of hydrogen-bond donors (Lipinski definition) is 1. The van der Waals surface area contributed by atoms with Gasteiger partial charge in [-0.2, -0.15) is 4.31 Å². The number of benzene rings is 1. The third kappa shape index (κ3) is 3.88. The maximum absolute atomic E-state index is 12.6. The molecule has 0 bridgehead atoms. The van der Waals surface area contributed by atoms with Crippen LogP contribution >= 0.6 is 11.6 Å². The molecular formula is C14H21ClN2O3S. The van der Waals surface area contributed by atoms with E-state index in [2.05, 4.69) is 0 Å². The lowest BCUT2D eigenvalue weighted by Crippen LogP contribution is -2.43. The van der Waals surface area contributed by atoms with Gasteiger partial charge in [0.1, 0.15) is 0 Å². The maximum atomic E-state index is 12.6. The highest BCUT2D eigenvalue weighted by Gasteiger charge is 2.30. The smallest absolute Gasteiger partial charge is 0.243 e. The maximum Gasteiger partial charge on any atom is 0.243 e. The van der Waals surface area contributed by atoms with Crippen LogP contribution < -0.4 is 5.73 Å². The van der Waals surface area contributed by atoms with Crippen LogP contribution in [0.4, 0.5) is 5.69 Å². The zero-order valence-corrected chi connectivity index (χ0v) is 13.7. The minimum atomic E-state index is -3.55. The van der Waals surface area contributed by atoms with E-state index in [9.17, 15) is 8.42 Å². The fourth-order valence-corrected chi connectivity index (χ4v) is 4.14. The van der Waals surface area contributed by atoms with E-state index in [1.807, 2.05) is 6.92 Å². The van der Waals surface area contributed by atoms with Crippen molar-refractivity contribution in [2.24, 2.45) is 0 Å². The molecule has 0 amide bonds. The van der Waals surface area contributed by atoms with E-state index < -0.39 is 10.0 Å². The van der Waals surface area contributed by atoms with Gasteiger partial charge in [-0.25, -0.2) is 8.42 Å². The molecule has 5 nitrogen and oxygen atoms in total. The molecule has 21 heavy (non-hydrogen) atoms. The van der Waals surface area contributed by atoms with E-state index in [1.54, 1.807) is 0 Å². The van der Waals surface area contributed by atoms with E-state index in [0.717, 1.165) is 19.3 Å². The number of rotatable bonds is 5. The fraction of sp³-hybridized carbons (Fsp3) is 0.571. The number of anilines is 1. The monoisotopic (exact) mass is 332 g/mol. The Kier molecular flexibility index (Phi) is 5.48. The van der Waals surface area contributed by atoms with Gasteiger partial charge in [0.2, 0.25) is 10.0 Å². The second kappa shape index (κ2) is 6.96. The average Bonchev–Trinajstić information content (AvgIpc) is 2.48. The minimum Gasteiger partial charge on any atom is -0.398 e. The number of halogens is 1. The number of ether oxygens (including phenoxy) is 1. The fourth-order valence-electron chi connectivity index (χ4n) is 2.36. The third-order valence-electron chi connectivity index (χ3n) is 3.51. The lowest BCUT2D eigenvalue weighted by molar-refractivity contribution is 0.0193. The molecule has 0 radical (unpaired) electrons. The molecule has 1 aliphatic heterocycles. The van der Waals surface area contributed by atoms with Crippen LogP contribution in [0.25, 0.3) is 0 Å². The lowest BCUT2D eigenvalue weighted by Gasteiger charge is -2.31. The number of nitrogens with two attached hydrogens (primary N) is 1. The Hall–Kier alpha value is -0.820. The molecule has 1 fully saturated rings. The van der Waals surface area contributed by atoms with E-state index >= 15 is 0 Å². The molecule has 1 unspecified atom stereocenters. The predicted molar refractivity (Wildman–Crippen MR) is 83.9 cm³/mol. The first-order valence-electron chi connectivity index (χ1n) is 7.12. The summed E-state index contributed by atoms with van der Waals surface area (Å²) in [6.07, 6.45) is 2.60. The number of hydrogen-bond acceptors (Lipinski definition) is 4. The van der Waals surface area contributed by atoms with Crippen molar-refractivity contribution >= 4 is 27.3 Å². The van der Waals surface area contributed by atoms with E-state index in [0.29, 0.717) is 25.4 Å². The number of sulfonamides is 1. The number of nitrogens with zero attached hydrogens (tertiary/aromatic N) is 1. The van der Waals surface area contributed by atoms with Crippen LogP contribution in [0.1, 0.15) is 26.2 Å². The summed E-state index contributed by atoms with van der Waals surface area (Å²) in [5, 5.41) is 0.256. The number of nitrogen functional groups attached to an aromatic ring is 1. The van der Waals surface area contributed by atoms with Crippen LogP contribution in [0.2, 0.25) is 5.02 Å². The van der Waals surface area contributed by atoms with E-state index in [4.69, 9.17) is 22.1 Å². The van der Waals surface area contributed by atoms with Crippen LogP contribution in [0.5, 0.6) is 0 Å². The van der Waals surface area contributed by atoms with Crippen molar-refractivity contribution in [1.82, 2.24) is 4.31 Å².